The van der Waals surface area contributed by atoms with Crippen LogP contribution in [-0.2, 0) is 6.54 Å². The minimum absolute atomic E-state index is 0.0838. The van der Waals surface area contributed by atoms with Crippen molar-refractivity contribution in [1.29, 1.82) is 0 Å². The van der Waals surface area contributed by atoms with Crippen molar-refractivity contribution in [1.82, 2.24) is 19.2 Å². The van der Waals surface area contributed by atoms with Gasteiger partial charge in [-0.2, -0.15) is 0 Å². The van der Waals surface area contributed by atoms with Gasteiger partial charge in [0.25, 0.3) is 5.56 Å². The van der Waals surface area contributed by atoms with Crippen molar-refractivity contribution in [3.63, 3.8) is 0 Å². The Morgan fingerprint density at radius 1 is 1.08 bits per heavy atom. The van der Waals surface area contributed by atoms with Gasteiger partial charge in [-0.1, -0.05) is 49.0 Å². The van der Waals surface area contributed by atoms with Crippen molar-refractivity contribution in [2.45, 2.75) is 18.6 Å². The van der Waals surface area contributed by atoms with E-state index in [0.29, 0.717) is 17.7 Å². The molecule has 6 nitrogen and oxygen atoms in total. The van der Waals surface area contributed by atoms with Gasteiger partial charge in [0.15, 0.2) is 5.16 Å². The summed E-state index contributed by atoms with van der Waals surface area (Å²) in [6.45, 7) is 2.44. The molecule has 2 aromatic carbocycles. The second-order valence-corrected chi connectivity index (χ2v) is 7.00. The molecule has 0 spiro atoms. The van der Waals surface area contributed by atoms with Gasteiger partial charge in [0.05, 0.1) is 24.6 Å². The van der Waals surface area contributed by atoms with E-state index in [1.807, 2.05) is 52.9 Å². The first-order chi connectivity index (χ1) is 12.7. The molecule has 0 radical (unpaired) electrons. The Balaban J connectivity index is 2.02. The summed E-state index contributed by atoms with van der Waals surface area (Å²) in [5.41, 5.74) is 1.66. The van der Waals surface area contributed by atoms with Crippen LogP contribution in [0.2, 0.25) is 0 Å². The van der Waals surface area contributed by atoms with Gasteiger partial charge in [0.1, 0.15) is 5.75 Å². The number of fused-ring (bicyclic) bond motifs is 3. The zero-order valence-corrected chi connectivity index (χ0v) is 15.4. The molecule has 0 N–H and O–H groups in total. The number of aromatic nitrogens is 4. The average molecular weight is 366 g/mol. The van der Waals surface area contributed by atoms with Gasteiger partial charge < -0.3 is 4.74 Å². The van der Waals surface area contributed by atoms with Crippen molar-refractivity contribution < 1.29 is 4.74 Å². The Morgan fingerprint density at radius 2 is 1.85 bits per heavy atom. The van der Waals surface area contributed by atoms with Crippen LogP contribution in [0, 0.1) is 0 Å². The Bertz CT molecular complexity index is 1150. The predicted molar refractivity (Wildman–Crippen MR) is 103 cm³/mol. The maximum Gasteiger partial charge on any atom is 0.263 e. The largest absolute Gasteiger partial charge is 0.496 e. The van der Waals surface area contributed by atoms with Crippen LogP contribution in [-0.4, -0.2) is 32.0 Å². The van der Waals surface area contributed by atoms with Crippen LogP contribution >= 0.6 is 11.8 Å². The zero-order valence-electron chi connectivity index (χ0n) is 14.5. The van der Waals surface area contributed by atoms with Gasteiger partial charge in [-0.3, -0.25) is 13.8 Å². The summed E-state index contributed by atoms with van der Waals surface area (Å²) in [7, 11) is 1.63. The summed E-state index contributed by atoms with van der Waals surface area (Å²) in [5.74, 6) is 2.16. The van der Waals surface area contributed by atoms with Crippen molar-refractivity contribution in [2.24, 2.45) is 0 Å². The first kappa shape index (κ1) is 16.7. The van der Waals surface area contributed by atoms with Gasteiger partial charge in [-0.05, 0) is 24.0 Å². The minimum atomic E-state index is -0.0838. The summed E-state index contributed by atoms with van der Waals surface area (Å²) >= 11 is 1.60. The van der Waals surface area contributed by atoms with E-state index in [4.69, 9.17) is 4.74 Å². The first-order valence-electron chi connectivity index (χ1n) is 8.36. The fourth-order valence-electron chi connectivity index (χ4n) is 3.10. The van der Waals surface area contributed by atoms with E-state index in [1.54, 1.807) is 23.4 Å². The molecular weight excluding hydrogens is 348 g/mol. The molecule has 0 aliphatic carbocycles. The van der Waals surface area contributed by atoms with Crippen molar-refractivity contribution in [3.05, 3.63) is 64.4 Å². The average Bonchev–Trinajstić information content (AvgIpc) is 3.09. The maximum atomic E-state index is 13.1. The highest BCUT2D eigenvalue weighted by atomic mass is 32.2. The van der Waals surface area contributed by atoms with Gasteiger partial charge in [0.2, 0.25) is 5.78 Å². The van der Waals surface area contributed by atoms with E-state index in [-0.39, 0.29) is 5.56 Å². The molecule has 0 saturated heterocycles. The fraction of sp³-hybridized carbons (Fsp3) is 0.211. The number of thioether (sulfide) groups is 1. The second-order valence-electron chi connectivity index (χ2n) is 5.77. The van der Waals surface area contributed by atoms with Crippen LogP contribution in [0.25, 0.3) is 16.7 Å². The second kappa shape index (κ2) is 6.84. The van der Waals surface area contributed by atoms with Gasteiger partial charge in [-0.15, -0.1) is 10.2 Å². The van der Waals surface area contributed by atoms with Gasteiger partial charge in [-0.25, -0.2) is 0 Å². The number of ether oxygens (including phenoxy) is 1. The molecule has 132 valence electrons. The van der Waals surface area contributed by atoms with E-state index >= 15 is 0 Å². The van der Waals surface area contributed by atoms with E-state index < -0.39 is 0 Å². The number of methoxy groups -OCH3 is 1. The number of hydrogen-bond donors (Lipinski definition) is 0. The van der Waals surface area contributed by atoms with Gasteiger partial charge in [0, 0.05) is 5.56 Å². The molecular formula is C19H18N4O2S. The lowest BCUT2D eigenvalue weighted by Crippen LogP contribution is -2.24. The molecule has 0 amide bonds. The molecule has 2 heterocycles. The SMILES string of the molecule is CCSc1nnc2n(Cc3ccccc3OC)c(=O)c3ccccc3n12. The maximum absolute atomic E-state index is 13.1. The minimum Gasteiger partial charge on any atom is -0.496 e. The Hall–Kier alpha value is -2.80. The van der Waals surface area contributed by atoms with E-state index in [2.05, 4.69) is 17.1 Å². The topological polar surface area (TPSA) is 61.4 Å². The van der Waals surface area contributed by atoms with Crippen molar-refractivity contribution >= 4 is 28.4 Å². The number of benzene rings is 2. The molecule has 0 atom stereocenters. The van der Waals surface area contributed by atoms with E-state index in [0.717, 1.165) is 27.7 Å². The highest BCUT2D eigenvalue weighted by Crippen LogP contribution is 2.23. The molecule has 2 aromatic heterocycles. The third-order valence-corrected chi connectivity index (χ3v) is 5.08. The third-order valence-electron chi connectivity index (χ3n) is 4.27. The Kier molecular flexibility index (Phi) is 4.38. The van der Waals surface area contributed by atoms with E-state index in [1.165, 1.54) is 0 Å². The summed E-state index contributed by atoms with van der Waals surface area (Å²) in [6, 6.07) is 15.3. The van der Waals surface area contributed by atoms with Crippen molar-refractivity contribution in [2.75, 3.05) is 12.9 Å². The normalized spacial score (nSPS) is 11.3. The number of hydrogen-bond acceptors (Lipinski definition) is 5. The summed E-state index contributed by atoms with van der Waals surface area (Å²) in [4.78, 5) is 13.1. The van der Waals surface area contributed by atoms with Crippen LogP contribution in [0.5, 0.6) is 5.75 Å². The predicted octanol–water partition coefficient (Wildman–Crippen LogP) is 3.21. The smallest absolute Gasteiger partial charge is 0.263 e. The van der Waals surface area contributed by atoms with Gasteiger partial charge >= 0.3 is 0 Å². The molecule has 4 aromatic rings. The Morgan fingerprint density at radius 3 is 2.65 bits per heavy atom. The monoisotopic (exact) mass is 366 g/mol. The van der Waals surface area contributed by atoms with Crippen LogP contribution in [0.4, 0.5) is 0 Å². The molecule has 7 heteroatoms. The lowest BCUT2D eigenvalue weighted by Gasteiger charge is -2.13. The quantitative estimate of drug-likeness (QED) is 0.508. The lowest BCUT2D eigenvalue weighted by atomic mass is 10.2. The summed E-state index contributed by atoms with van der Waals surface area (Å²) in [6.07, 6.45) is 0. The molecule has 0 saturated carbocycles. The number of para-hydroxylation sites is 2. The molecule has 4 rings (SSSR count). The fourth-order valence-corrected chi connectivity index (χ4v) is 3.77. The molecule has 0 unspecified atom stereocenters. The third kappa shape index (κ3) is 2.64. The lowest BCUT2D eigenvalue weighted by molar-refractivity contribution is 0.408. The number of nitrogens with zero attached hydrogens (tertiary/aromatic N) is 4. The number of rotatable bonds is 5. The highest BCUT2D eigenvalue weighted by Gasteiger charge is 2.17. The van der Waals surface area contributed by atoms with Crippen LogP contribution < -0.4 is 10.3 Å². The zero-order chi connectivity index (χ0) is 18.1. The molecule has 0 fully saturated rings. The summed E-state index contributed by atoms with van der Waals surface area (Å²) in [5, 5.41) is 10.1. The first-order valence-corrected chi connectivity index (χ1v) is 9.34. The van der Waals surface area contributed by atoms with Crippen molar-refractivity contribution in [3.8, 4) is 5.75 Å². The van der Waals surface area contributed by atoms with Crippen LogP contribution in [0.3, 0.4) is 0 Å². The Labute approximate surface area is 154 Å². The van der Waals surface area contributed by atoms with Crippen LogP contribution in [0.1, 0.15) is 12.5 Å². The summed E-state index contributed by atoms with van der Waals surface area (Å²) < 4.78 is 9.06. The molecule has 0 aliphatic rings. The molecule has 26 heavy (non-hydrogen) atoms. The molecule has 0 aliphatic heterocycles. The highest BCUT2D eigenvalue weighted by molar-refractivity contribution is 7.99. The standard InChI is InChI=1S/C19H18N4O2S/c1-3-26-19-21-20-18-22(12-13-8-4-7-11-16(13)25-2)17(24)14-9-5-6-10-15(14)23(18)19/h4-11H,3,12H2,1-2H3. The van der Waals surface area contributed by atoms with E-state index in [9.17, 15) is 4.79 Å². The van der Waals surface area contributed by atoms with Crippen LogP contribution in [0.15, 0.2) is 58.5 Å². The molecule has 0 bridgehead atoms.